The molecule has 1 aliphatic rings. The molecule has 0 bridgehead atoms. The molecule has 0 radical (unpaired) electrons. The molecule has 3 heterocycles. The van der Waals surface area contributed by atoms with Gasteiger partial charge in [0.15, 0.2) is 11.6 Å². The van der Waals surface area contributed by atoms with E-state index in [1.807, 2.05) is 0 Å². The topological polar surface area (TPSA) is 111 Å². The summed E-state index contributed by atoms with van der Waals surface area (Å²) in [5, 5.41) is 11.6. The smallest absolute Gasteiger partial charge is 0.488 e. The number of alkyl halides is 3. The maximum atomic E-state index is 14.5. The van der Waals surface area contributed by atoms with Crippen molar-refractivity contribution in [3.8, 4) is 11.5 Å². The third kappa shape index (κ3) is 4.27. The zero-order valence-corrected chi connectivity index (χ0v) is 16.4. The number of halogens is 4. The van der Waals surface area contributed by atoms with Crippen LogP contribution in [0, 0.1) is 5.82 Å². The van der Waals surface area contributed by atoms with E-state index in [9.17, 15) is 27.2 Å². The lowest BCUT2D eigenvalue weighted by Crippen LogP contribution is -2.49. The fraction of sp³-hybridized carbons (Fsp3) is 0.143. The second-order valence-corrected chi connectivity index (χ2v) is 6.93. The van der Waals surface area contributed by atoms with Crippen molar-refractivity contribution in [2.75, 3.05) is 6.61 Å². The Kier molecular flexibility index (Phi) is 5.36. The molecule has 2 aromatic heterocycles. The van der Waals surface area contributed by atoms with E-state index in [0.717, 1.165) is 24.4 Å². The lowest BCUT2D eigenvalue weighted by atomic mass is 9.87. The van der Waals surface area contributed by atoms with Crippen LogP contribution in [-0.2, 0) is 5.54 Å². The number of amides is 1. The van der Waals surface area contributed by atoms with Gasteiger partial charge in [-0.15, -0.1) is 13.2 Å². The van der Waals surface area contributed by atoms with Gasteiger partial charge in [-0.3, -0.25) is 14.8 Å². The van der Waals surface area contributed by atoms with Crippen molar-refractivity contribution in [2.45, 2.75) is 11.9 Å². The van der Waals surface area contributed by atoms with Crippen LogP contribution in [0.1, 0.15) is 32.1 Å². The molecule has 4 rings (SSSR count). The Hall–Kier alpha value is -4.22. The minimum absolute atomic E-state index is 0.0440. The molecule has 1 aromatic carbocycles. The number of aromatic carboxylic acids is 1. The summed E-state index contributed by atoms with van der Waals surface area (Å²) in [6.45, 7) is -0.239. The zero-order valence-electron chi connectivity index (χ0n) is 16.4. The van der Waals surface area contributed by atoms with Gasteiger partial charge in [0.1, 0.15) is 29.3 Å². The number of hydrogen-bond acceptors (Lipinski definition) is 6. The monoisotopic (exact) mass is 463 g/mol. The van der Waals surface area contributed by atoms with Crippen molar-refractivity contribution < 1.29 is 41.7 Å². The lowest BCUT2D eigenvalue weighted by Gasteiger charge is -2.29. The summed E-state index contributed by atoms with van der Waals surface area (Å²) in [4.78, 5) is 32.0. The van der Waals surface area contributed by atoms with Crippen LogP contribution in [0.25, 0.3) is 0 Å². The molecule has 3 aromatic rings. The molecular formula is C21H13F4N3O5. The van der Waals surface area contributed by atoms with Crippen molar-refractivity contribution in [3.05, 3.63) is 83.2 Å². The van der Waals surface area contributed by atoms with E-state index < -0.39 is 35.3 Å². The summed E-state index contributed by atoms with van der Waals surface area (Å²) in [7, 11) is 0. The van der Waals surface area contributed by atoms with Crippen molar-refractivity contribution in [3.63, 3.8) is 0 Å². The molecule has 8 nitrogen and oxygen atoms in total. The Bertz CT molecular complexity index is 1230. The summed E-state index contributed by atoms with van der Waals surface area (Å²) in [5.74, 6) is -4.08. The second kappa shape index (κ2) is 8.04. The number of ether oxygens (including phenoxy) is 2. The Morgan fingerprint density at radius 2 is 1.94 bits per heavy atom. The van der Waals surface area contributed by atoms with E-state index in [-0.39, 0.29) is 34.9 Å². The van der Waals surface area contributed by atoms with Gasteiger partial charge in [0.25, 0.3) is 5.91 Å². The van der Waals surface area contributed by atoms with Gasteiger partial charge in [0.2, 0.25) is 0 Å². The van der Waals surface area contributed by atoms with Crippen LogP contribution in [-0.4, -0.2) is 39.9 Å². The second-order valence-electron chi connectivity index (χ2n) is 6.93. The van der Waals surface area contributed by atoms with E-state index in [4.69, 9.17) is 9.84 Å². The molecule has 170 valence electrons. The van der Waals surface area contributed by atoms with E-state index in [2.05, 4.69) is 20.0 Å². The van der Waals surface area contributed by atoms with Crippen LogP contribution in [0.5, 0.6) is 11.5 Å². The normalized spacial score (nSPS) is 17.1. The molecule has 1 unspecified atom stereocenters. The number of hydrogen-bond donors (Lipinski definition) is 2. The standard InChI is InChI=1S/C21H13F4N3O5/c22-13-8-12(4-6-15(13)33-21(23,24)25)20(10-32-16-2-1-7-26-17(16)20)28-18(29)14-5-3-11(9-27-14)19(30)31/h1-9H,10H2,(H,28,29)(H,30,31). The summed E-state index contributed by atoms with van der Waals surface area (Å²) < 4.78 is 61.3. The predicted molar refractivity (Wildman–Crippen MR) is 102 cm³/mol. The number of aromatic nitrogens is 2. The van der Waals surface area contributed by atoms with Crippen molar-refractivity contribution in [1.29, 1.82) is 0 Å². The lowest BCUT2D eigenvalue weighted by molar-refractivity contribution is -0.275. The fourth-order valence-corrected chi connectivity index (χ4v) is 3.36. The molecule has 1 atom stereocenters. The van der Waals surface area contributed by atoms with Crippen molar-refractivity contribution in [1.82, 2.24) is 15.3 Å². The third-order valence-electron chi connectivity index (χ3n) is 4.84. The van der Waals surface area contributed by atoms with Crippen molar-refractivity contribution in [2.24, 2.45) is 0 Å². The van der Waals surface area contributed by atoms with E-state index in [1.165, 1.54) is 18.3 Å². The number of nitrogens with one attached hydrogen (secondary N) is 1. The highest BCUT2D eigenvalue weighted by Crippen LogP contribution is 2.41. The van der Waals surface area contributed by atoms with Gasteiger partial charge in [-0.1, -0.05) is 6.07 Å². The molecule has 0 aliphatic carbocycles. The average molecular weight is 463 g/mol. The number of nitrogens with zero attached hydrogens (tertiary/aromatic N) is 2. The largest absolute Gasteiger partial charge is 0.573 e. The Balaban J connectivity index is 1.74. The third-order valence-corrected chi connectivity index (χ3v) is 4.84. The highest BCUT2D eigenvalue weighted by Gasteiger charge is 2.46. The molecule has 33 heavy (non-hydrogen) atoms. The maximum Gasteiger partial charge on any atom is 0.573 e. The summed E-state index contributed by atoms with van der Waals surface area (Å²) in [5.41, 5.74) is -1.62. The number of carboxylic acid groups (broad SMARTS) is 1. The summed E-state index contributed by atoms with van der Waals surface area (Å²) >= 11 is 0. The fourth-order valence-electron chi connectivity index (χ4n) is 3.36. The van der Waals surface area contributed by atoms with E-state index >= 15 is 0 Å². The Labute approximate surface area is 182 Å². The molecule has 0 saturated heterocycles. The Morgan fingerprint density at radius 3 is 2.58 bits per heavy atom. The minimum atomic E-state index is -5.09. The molecule has 0 spiro atoms. The van der Waals surface area contributed by atoms with Crippen LogP contribution in [0.15, 0.2) is 54.9 Å². The number of pyridine rings is 2. The summed E-state index contributed by atoms with van der Waals surface area (Å²) in [6.07, 6.45) is -2.69. The first-order valence-electron chi connectivity index (χ1n) is 9.25. The van der Waals surface area contributed by atoms with Gasteiger partial charge < -0.3 is 19.9 Å². The number of carboxylic acids is 1. The van der Waals surface area contributed by atoms with E-state index in [1.54, 1.807) is 12.1 Å². The molecule has 1 amide bonds. The molecule has 0 saturated carbocycles. The molecule has 2 N–H and O–H groups in total. The van der Waals surface area contributed by atoms with Crippen molar-refractivity contribution >= 4 is 11.9 Å². The van der Waals surface area contributed by atoms with E-state index in [0.29, 0.717) is 0 Å². The SMILES string of the molecule is O=C(O)c1ccc(C(=O)NC2(c3ccc(OC(F)(F)F)c(F)c3)COc3cccnc32)nc1. The highest BCUT2D eigenvalue weighted by atomic mass is 19.4. The van der Waals surface area contributed by atoms with Gasteiger partial charge in [-0.2, -0.15) is 0 Å². The quantitative estimate of drug-likeness (QED) is 0.559. The first-order valence-corrected chi connectivity index (χ1v) is 9.25. The highest BCUT2D eigenvalue weighted by molar-refractivity contribution is 5.94. The number of rotatable bonds is 5. The molecule has 0 fully saturated rings. The summed E-state index contributed by atoms with van der Waals surface area (Å²) in [6, 6.07) is 8.22. The van der Waals surface area contributed by atoms with Gasteiger partial charge >= 0.3 is 12.3 Å². The van der Waals surface area contributed by atoms with Crippen LogP contribution in [0.2, 0.25) is 0 Å². The first kappa shape index (κ1) is 22.0. The van der Waals surface area contributed by atoms with Gasteiger partial charge in [-0.25, -0.2) is 9.18 Å². The minimum Gasteiger partial charge on any atom is -0.488 e. The average Bonchev–Trinajstić information content (AvgIpc) is 3.14. The van der Waals surface area contributed by atoms with Gasteiger partial charge in [0.05, 0.1) is 5.56 Å². The van der Waals surface area contributed by atoms with Crippen LogP contribution in [0.4, 0.5) is 17.6 Å². The van der Waals surface area contributed by atoms with Crippen LogP contribution >= 0.6 is 0 Å². The van der Waals surface area contributed by atoms with Gasteiger partial charge in [0, 0.05) is 12.4 Å². The number of fused-ring (bicyclic) bond motifs is 1. The zero-order chi connectivity index (χ0) is 23.8. The molecule has 12 heteroatoms. The number of carbonyl (C=O) groups excluding carboxylic acids is 1. The molecule has 1 aliphatic heterocycles. The predicted octanol–water partition coefficient (Wildman–Crippen LogP) is 3.28. The van der Waals surface area contributed by atoms with Crippen LogP contribution < -0.4 is 14.8 Å². The maximum absolute atomic E-state index is 14.5. The van der Waals surface area contributed by atoms with Crippen LogP contribution in [0.3, 0.4) is 0 Å². The molecular weight excluding hydrogens is 450 g/mol. The number of carbonyl (C=O) groups is 2. The van der Waals surface area contributed by atoms with Gasteiger partial charge in [-0.05, 0) is 42.0 Å². The number of benzene rings is 1. The first-order chi connectivity index (χ1) is 15.6. The Morgan fingerprint density at radius 1 is 1.15 bits per heavy atom.